The second-order valence-corrected chi connectivity index (χ2v) is 6.05. The molecule has 6 heteroatoms. The largest absolute Gasteiger partial charge is 0.363 e. The molecule has 1 heterocycles. The van der Waals surface area contributed by atoms with Gasteiger partial charge in [-0.05, 0) is 19.0 Å². The number of H-pyrrole nitrogens is 1. The van der Waals surface area contributed by atoms with Crippen LogP contribution in [0.4, 0.5) is 0 Å². The van der Waals surface area contributed by atoms with E-state index in [2.05, 4.69) is 23.1 Å². The molecule has 0 spiro atoms. The lowest BCUT2D eigenvalue weighted by molar-refractivity contribution is 0.503. The van der Waals surface area contributed by atoms with Crippen LogP contribution in [0.25, 0.3) is 0 Å². The zero-order valence-electron chi connectivity index (χ0n) is 10.7. The van der Waals surface area contributed by atoms with Crippen LogP contribution in [-0.2, 0) is 16.6 Å². The van der Waals surface area contributed by atoms with Crippen molar-refractivity contribution < 1.29 is 8.42 Å². The molecule has 2 N–H and O–H groups in total. The molecule has 1 aromatic rings. The van der Waals surface area contributed by atoms with Crippen molar-refractivity contribution in [1.29, 1.82) is 0 Å². The highest BCUT2D eigenvalue weighted by Gasteiger charge is 2.21. The Labute approximate surface area is 109 Å². The summed E-state index contributed by atoms with van der Waals surface area (Å²) in [4.78, 5) is 3.19. The van der Waals surface area contributed by atoms with Crippen molar-refractivity contribution >= 4 is 10.0 Å². The van der Waals surface area contributed by atoms with Gasteiger partial charge in [0.05, 0.1) is 11.4 Å². The fourth-order valence-corrected chi connectivity index (χ4v) is 2.57. The van der Waals surface area contributed by atoms with Crippen LogP contribution in [0.2, 0.25) is 0 Å². The number of nitrogens with zero attached hydrogens (tertiary/aromatic N) is 1. The monoisotopic (exact) mass is 269 g/mol. The van der Waals surface area contributed by atoms with Crippen molar-refractivity contribution in [3.63, 3.8) is 0 Å². The smallest absolute Gasteiger partial charge is 0.245 e. The van der Waals surface area contributed by atoms with Gasteiger partial charge in [0.15, 0.2) is 0 Å². The molecule has 0 atom stereocenters. The quantitative estimate of drug-likeness (QED) is 0.567. The van der Waals surface area contributed by atoms with E-state index in [0.717, 1.165) is 23.0 Å². The highest BCUT2D eigenvalue weighted by Crippen LogP contribution is 2.15. The van der Waals surface area contributed by atoms with Gasteiger partial charge in [-0.3, -0.25) is 0 Å². The Kier molecular flexibility index (Phi) is 5.41. The Hall–Kier alpha value is -1.29. The van der Waals surface area contributed by atoms with Gasteiger partial charge >= 0.3 is 0 Å². The van der Waals surface area contributed by atoms with Crippen molar-refractivity contribution in [2.45, 2.75) is 24.8 Å². The van der Waals surface area contributed by atoms with Crippen LogP contribution < -0.4 is 5.32 Å². The summed E-state index contributed by atoms with van der Waals surface area (Å²) in [6, 6.07) is 1.63. The summed E-state index contributed by atoms with van der Waals surface area (Å²) in [6.45, 7) is 3.67. The van der Waals surface area contributed by atoms with Crippen LogP contribution in [0.1, 0.15) is 19.0 Å². The van der Waals surface area contributed by atoms with Crippen LogP contribution in [0.3, 0.4) is 0 Å². The fraction of sp³-hybridized carbons (Fsp3) is 0.500. The maximum Gasteiger partial charge on any atom is 0.245 e. The maximum absolute atomic E-state index is 12.1. The van der Waals surface area contributed by atoms with Crippen molar-refractivity contribution in [3.8, 4) is 12.3 Å². The molecule has 0 unspecified atom stereocenters. The Bertz CT molecular complexity index is 514. The van der Waals surface area contributed by atoms with Crippen LogP contribution in [-0.4, -0.2) is 37.8 Å². The molecule has 1 rings (SSSR count). The molecule has 0 saturated carbocycles. The molecule has 0 aromatic carbocycles. The normalized spacial score (nSPS) is 11.7. The summed E-state index contributed by atoms with van der Waals surface area (Å²) >= 11 is 0. The fourth-order valence-electron chi connectivity index (χ4n) is 1.46. The van der Waals surface area contributed by atoms with Crippen molar-refractivity contribution in [2.24, 2.45) is 0 Å². The van der Waals surface area contributed by atoms with Crippen LogP contribution >= 0.6 is 0 Å². The molecule has 0 aliphatic carbocycles. The lowest BCUT2D eigenvalue weighted by atomic mass is 10.4. The summed E-state index contributed by atoms with van der Waals surface area (Å²) in [7, 11) is -2.01. The zero-order valence-corrected chi connectivity index (χ0v) is 11.5. The van der Waals surface area contributed by atoms with Crippen molar-refractivity contribution in [3.05, 3.63) is 18.0 Å². The van der Waals surface area contributed by atoms with Gasteiger partial charge in [-0.1, -0.05) is 12.8 Å². The average molecular weight is 269 g/mol. The average Bonchev–Trinajstić information content (AvgIpc) is 2.79. The minimum atomic E-state index is -3.48. The molecule has 1 aromatic heterocycles. The van der Waals surface area contributed by atoms with Gasteiger partial charge < -0.3 is 10.3 Å². The van der Waals surface area contributed by atoms with Gasteiger partial charge in [0.25, 0.3) is 0 Å². The van der Waals surface area contributed by atoms with Crippen molar-refractivity contribution in [1.82, 2.24) is 14.6 Å². The first-order chi connectivity index (χ1) is 8.52. The Morgan fingerprint density at radius 2 is 2.28 bits per heavy atom. The van der Waals surface area contributed by atoms with E-state index in [9.17, 15) is 8.42 Å². The molecule has 0 bridgehead atoms. The summed E-state index contributed by atoms with van der Waals surface area (Å²) in [5.41, 5.74) is 0.844. The molecular weight excluding hydrogens is 250 g/mol. The molecule has 0 saturated heterocycles. The molecular formula is C12H19N3O2S. The van der Waals surface area contributed by atoms with Crippen LogP contribution in [0, 0.1) is 12.3 Å². The Morgan fingerprint density at radius 1 is 1.56 bits per heavy atom. The van der Waals surface area contributed by atoms with Crippen LogP contribution in [0.5, 0.6) is 0 Å². The van der Waals surface area contributed by atoms with E-state index >= 15 is 0 Å². The minimum Gasteiger partial charge on any atom is -0.363 e. The second-order valence-electron chi connectivity index (χ2n) is 4.00. The van der Waals surface area contributed by atoms with Gasteiger partial charge in [-0.2, -0.15) is 4.31 Å². The van der Waals surface area contributed by atoms with Gasteiger partial charge in [0.1, 0.15) is 0 Å². The number of hydrogen-bond donors (Lipinski definition) is 2. The molecule has 0 fully saturated rings. The first-order valence-corrected chi connectivity index (χ1v) is 7.24. The number of aromatic amines is 1. The predicted octanol–water partition coefficient (Wildman–Crippen LogP) is 0.768. The standard InChI is InChI=1S/C12H19N3O2S/c1-4-6-13-9-11-8-12(10-14-11)18(16,17)15(3)7-5-2/h2,8,10,13-14H,4,6-7,9H2,1,3H3. The Balaban J connectivity index is 2.76. The van der Waals surface area contributed by atoms with E-state index in [-0.39, 0.29) is 11.4 Å². The third-order valence-electron chi connectivity index (χ3n) is 2.48. The van der Waals surface area contributed by atoms with E-state index < -0.39 is 10.0 Å². The molecule has 5 nitrogen and oxygen atoms in total. The lowest BCUT2D eigenvalue weighted by Gasteiger charge is -2.12. The van der Waals surface area contributed by atoms with Crippen LogP contribution in [0.15, 0.2) is 17.2 Å². The minimum absolute atomic E-state index is 0.0664. The SMILES string of the molecule is C#CCN(C)S(=O)(=O)c1c[nH]c(CNCCC)c1. The highest BCUT2D eigenvalue weighted by atomic mass is 32.2. The summed E-state index contributed by atoms with van der Waals surface area (Å²) in [6.07, 6.45) is 7.65. The molecule has 0 amide bonds. The number of sulfonamides is 1. The van der Waals surface area contributed by atoms with E-state index in [1.807, 2.05) is 0 Å². The molecule has 100 valence electrons. The first kappa shape index (κ1) is 14.8. The Morgan fingerprint density at radius 3 is 2.89 bits per heavy atom. The zero-order chi connectivity index (χ0) is 13.6. The van der Waals surface area contributed by atoms with E-state index in [4.69, 9.17) is 6.42 Å². The number of nitrogens with one attached hydrogen (secondary N) is 2. The van der Waals surface area contributed by atoms with E-state index in [0.29, 0.717) is 6.54 Å². The third-order valence-corrected chi connectivity index (χ3v) is 4.26. The molecule has 18 heavy (non-hydrogen) atoms. The number of hydrogen-bond acceptors (Lipinski definition) is 3. The maximum atomic E-state index is 12.1. The summed E-state index contributed by atoms with van der Waals surface area (Å²) in [5.74, 6) is 2.32. The topological polar surface area (TPSA) is 65.2 Å². The van der Waals surface area contributed by atoms with Gasteiger partial charge in [0, 0.05) is 25.5 Å². The molecule has 0 radical (unpaired) electrons. The molecule has 0 aliphatic heterocycles. The van der Waals surface area contributed by atoms with Gasteiger partial charge in [-0.15, -0.1) is 6.42 Å². The van der Waals surface area contributed by atoms with Gasteiger partial charge in [-0.25, -0.2) is 8.42 Å². The lowest BCUT2D eigenvalue weighted by Crippen LogP contribution is -2.26. The second kappa shape index (κ2) is 6.59. The summed E-state index contributed by atoms with van der Waals surface area (Å²) < 4.78 is 25.3. The van der Waals surface area contributed by atoms with E-state index in [1.165, 1.54) is 13.2 Å². The van der Waals surface area contributed by atoms with Gasteiger partial charge in [0.2, 0.25) is 10.0 Å². The number of aromatic nitrogens is 1. The highest BCUT2D eigenvalue weighted by molar-refractivity contribution is 7.89. The predicted molar refractivity (Wildman–Crippen MR) is 71.4 cm³/mol. The van der Waals surface area contributed by atoms with E-state index in [1.54, 1.807) is 6.07 Å². The number of rotatable bonds is 7. The molecule has 0 aliphatic rings. The van der Waals surface area contributed by atoms with Crippen molar-refractivity contribution in [2.75, 3.05) is 20.1 Å². The number of terminal acetylenes is 1. The third kappa shape index (κ3) is 3.60. The summed E-state index contributed by atoms with van der Waals surface area (Å²) in [5, 5.41) is 3.20. The first-order valence-electron chi connectivity index (χ1n) is 5.80.